The molecule has 1 N–H and O–H groups in total. The fraction of sp³-hybridized carbons (Fsp3) is 0.353. The zero-order valence-electron chi connectivity index (χ0n) is 14.0. The zero-order valence-corrected chi connectivity index (χ0v) is 14.0. The molecule has 1 aliphatic heterocycles. The summed E-state index contributed by atoms with van der Waals surface area (Å²) in [6, 6.07) is 7.61. The van der Waals surface area contributed by atoms with Crippen molar-refractivity contribution in [3.63, 3.8) is 0 Å². The first-order valence-electron chi connectivity index (χ1n) is 8.28. The summed E-state index contributed by atoms with van der Waals surface area (Å²) in [5, 5.41) is 16.9. The highest BCUT2D eigenvalue weighted by atomic mass is 15.3. The third kappa shape index (κ3) is 2.96. The Hall–Kier alpha value is -3.21. The number of aryl methyl sites for hydroxylation is 1. The third-order valence-corrected chi connectivity index (χ3v) is 4.42. The number of hydrogen-bond acceptors (Lipinski definition) is 7. The Balaban J connectivity index is 1.55. The van der Waals surface area contributed by atoms with Crippen molar-refractivity contribution in [1.29, 1.82) is 5.26 Å². The Morgan fingerprint density at radius 3 is 2.72 bits per heavy atom. The number of rotatable bonds is 2. The van der Waals surface area contributed by atoms with Crippen LogP contribution in [0.1, 0.15) is 17.8 Å². The monoisotopic (exact) mass is 334 g/mol. The summed E-state index contributed by atoms with van der Waals surface area (Å²) in [7, 11) is 0. The lowest BCUT2D eigenvalue weighted by Crippen LogP contribution is -2.31. The molecule has 0 radical (unpaired) electrons. The topological polar surface area (TPSA) is 97.6 Å². The number of nitrogens with zero attached hydrogens (tertiary/aromatic N) is 7. The first-order valence-corrected chi connectivity index (χ1v) is 8.28. The van der Waals surface area contributed by atoms with E-state index in [2.05, 4.69) is 34.9 Å². The van der Waals surface area contributed by atoms with Crippen LogP contribution in [-0.4, -0.2) is 51.3 Å². The molecule has 3 aromatic rings. The lowest BCUT2D eigenvalue weighted by molar-refractivity contribution is 0.784. The Labute approximate surface area is 145 Å². The maximum Gasteiger partial charge on any atom is 0.163 e. The van der Waals surface area contributed by atoms with Gasteiger partial charge in [0.05, 0.1) is 5.52 Å². The molecule has 126 valence electrons. The molecular formula is C17H18N8. The summed E-state index contributed by atoms with van der Waals surface area (Å²) in [6.45, 7) is 5.51. The molecular weight excluding hydrogens is 316 g/mol. The normalized spacial score (nSPS) is 15.2. The maximum absolute atomic E-state index is 8.85. The van der Waals surface area contributed by atoms with Gasteiger partial charge in [-0.2, -0.15) is 5.26 Å². The second-order valence-corrected chi connectivity index (χ2v) is 6.13. The molecule has 0 saturated carbocycles. The van der Waals surface area contributed by atoms with E-state index in [0.29, 0.717) is 5.69 Å². The van der Waals surface area contributed by atoms with Crippen LogP contribution in [0.3, 0.4) is 0 Å². The van der Waals surface area contributed by atoms with Crippen molar-refractivity contribution in [2.24, 2.45) is 0 Å². The quantitative estimate of drug-likeness (QED) is 0.761. The molecule has 1 aliphatic rings. The van der Waals surface area contributed by atoms with Crippen molar-refractivity contribution < 1.29 is 0 Å². The molecule has 0 spiro atoms. The highest BCUT2D eigenvalue weighted by molar-refractivity contribution is 5.86. The number of nitrogens with one attached hydrogen (secondary N) is 1. The first kappa shape index (κ1) is 15.3. The Morgan fingerprint density at radius 1 is 1.08 bits per heavy atom. The molecule has 8 nitrogen and oxygen atoms in total. The van der Waals surface area contributed by atoms with Crippen LogP contribution in [0.4, 0.5) is 11.6 Å². The van der Waals surface area contributed by atoms with Crippen molar-refractivity contribution in [1.82, 2.24) is 25.1 Å². The van der Waals surface area contributed by atoms with Gasteiger partial charge in [-0.25, -0.2) is 9.97 Å². The van der Waals surface area contributed by atoms with Gasteiger partial charge in [0.15, 0.2) is 17.3 Å². The summed E-state index contributed by atoms with van der Waals surface area (Å²) >= 11 is 0. The van der Waals surface area contributed by atoms with Crippen LogP contribution in [0.5, 0.6) is 0 Å². The molecule has 1 saturated heterocycles. The van der Waals surface area contributed by atoms with Crippen molar-refractivity contribution in [3.05, 3.63) is 35.9 Å². The minimum atomic E-state index is 0.339. The number of aromatic amines is 1. The van der Waals surface area contributed by atoms with Gasteiger partial charge in [-0.1, -0.05) is 0 Å². The number of hydrogen-bond donors (Lipinski definition) is 1. The predicted molar refractivity (Wildman–Crippen MR) is 94.4 cm³/mol. The van der Waals surface area contributed by atoms with Gasteiger partial charge >= 0.3 is 0 Å². The molecule has 0 aliphatic carbocycles. The van der Waals surface area contributed by atoms with E-state index in [1.807, 2.05) is 25.1 Å². The van der Waals surface area contributed by atoms with Gasteiger partial charge in [0.25, 0.3) is 0 Å². The van der Waals surface area contributed by atoms with Gasteiger partial charge in [0.1, 0.15) is 17.9 Å². The molecule has 3 aromatic heterocycles. The summed E-state index contributed by atoms with van der Waals surface area (Å²) in [5.74, 6) is 1.76. The van der Waals surface area contributed by atoms with Crippen LogP contribution < -0.4 is 9.80 Å². The lowest BCUT2D eigenvalue weighted by atomic mass is 10.3. The molecule has 0 aromatic carbocycles. The van der Waals surface area contributed by atoms with Crippen LogP contribution in [-0.2, 0) is 0 Å². The fourth-order valence-corrected chi connectivity index (χ4v) is 3.21. The third-order valence-electron chi connectivity index (χ3n) is 4.42. The van der Waals surface area contributed by atoms with Crippen LogP contribution in [0.2, 0.25) is 0 Å². The Bertz CT molecular complexity index is 924. The van der Waals surface area contributed by atoms with E-state index in [1.54, 1.807) is 12.4 Å². The standard InChI is InChI=1S/C17H18N8/c1-12-9-14-16(21-12)17(20-11-19-14)25-6-2-5-24(7-8-25)15-4-3-13(10-18)22-23-15/h3-4,9,11,21H,2,5-8H2,1H3. The summed E-state index contributed by atoms with van der Waals surface area (Å²) in [4.78, 5) is 16.7. The summed E-state index contributed by atoms with van der Waals surface area (Å²) in [5.41, 5.74) is 3.36. The molecule has 0 amide bonds. The van der Waals surface area contributed by atoms with Crippen molar-refractivity contribution >= 4 is 22.7 Å². The number of nitriles is 1. The Kier molecular flexibility index (Phi) is 3.90. The van der Waals surface area contributed by atoms with Gasteiger partial charge in [0.2, 0.25) is 0 Å². The first-order chi connectivity index (χ1) is 12.2. The summed E-state index contributed by atoms with van der Waals surface area (Å²) < 4.78 is 0. The number of fused-ring (bicyclic) bond motifs is 1. The second kappa shape index (κ2) is 6.36. The van der Waals surface area contributed by atoms with E-state index in [9.17, 15) is 0 Å². The summed E-state index contributed by atoms with van der Waals surface area (Å²) in [6.07, 6.45) is 2.62. The van der Waals surface area contributed by atoms with Crippen LogP contribution in [0.15, 0.2) is 24.5 Å². The van der Waals surface area contributed by atoms with Gasteiger partial charge in [-0.05, 0) is 31.5 Å². The number of anilines is 2. The number of H-pyrrole nitrogens is 1. The number of aromatic nitrogens is 5. The van der Waals surface area contributed by atoms with Crippen LogP contribution in [0, 0.1) is 18.3 Å². The SMILES string of the molecule is Cc1cc2ncnc(N3CCCN(c4ccc(C#N)nn4)CC3)c2[nH]1. The largest absolute Gasteiger partial charge is 0.354 e. The van der Waals surface area contributed by atoms with Crippen molar-refractivity contribution in [3.8, 4) is 6.07 Å². The highest BCUT2D eigenvalue weighted by Gasteiger charge is 2.20. The fourth-order valence-electron chi connectivity index (χ4n) is 3.21. The molecule has 4 rings (SSSR count). The lowest BCUT2D eigenvalue weighted by Gasteiger charge is -2.23. The van der Waals surface area contributed by atoms with Gasteiger partial charge in [-0.3, -0.25) is 0 Å². The maximum atomic E-state index is 8.85. The smallest absolute Gasteiger partial charge is 0.163 e. The van der Waals surface area contributed by atoms with Crippen LogP contribution >= 0.6 is 0 Å². The molecule has 0 bridgehead atoms. The van der Waals surface area contributed by atoms with E-state index in [1.165, 1.54) is 0 Å². The van der Waals surface area contributed by atoms with E-state index in [0.717, 1.165) is 61.0 Å². The minimum Gasteiger partial charge on any atom is -0.354 e. The highest BCUT2D eigenvalue weighted by Crippen LogP contribution is 2.24. The van der Waals surface area contributed by atoms with Crippen molar-refractivity contribution in [2.45, 2.75) is 13.3 Å². The molecule has 0 atom stereocenters. The van der Waals surface area contributed by atoms with Gasteiger partial charge < -0.3 is 14.8 Å². The Morgan fingerprint density at radius 2 is 1.92 bits per heavy atom. The van der Waals surface area contributed by atoms with E-state index >= 15 is 0 Å². The van der Waals surface area contributed by atoms with Gasteiger partial charge in [0, 0.05) is 31.9 Å². The van der Waals surface area contributed by atoms with Crippen molar-refractivity contribution in [2.75, 3.05) is 36.0 Å². The molecule has 8 heteroatoms. The molecule has 1 fully saturated rings. The van der Waals surface area contributed by atoms with E-state index in [-0.39, 0.29) is 0 Å². The zero-order chi connectivity index (χ0) is 17.2. The molecule has 0 unspecified atom stereocenters. The van der Waals surface area contributed by atoms with Crippen LogP contribution in [0.25, 0.3) is 11.0 Å². The average molecular weight is 334 g/mol. The second-order valence-electron chi connectivity index (χ2n) is 6.13. The predicted octanol–water partition coefficient (Wildman–Crippen LogP) is 1.64. The average Bonchev–Trinajstić information content (AvgIpc) is 2.87. The molecule has 4 heterocycles. The minimum absolute atomic E-state index is 0.339. The van der Waals surface area contributed by atoms with Gasteiger partial charge in [-0.15, -0.1) is 10.2 Å². The van der Waals surface area contributed by atoms with E-state index in [4.69, 9.17) is 5.26 Å². The molecule has 25 heavy (non-hydrogen) atoms. The van der Waals surface area contributed by atoms with E-state index < -0.39 is 0 Å².